The van der Waals surface area contributed by atoms with E-state index in [-0.39, 0.29) is 10.8 Å². The average molecular weight is 451 g/mol. The number of carbonyl (C=O) groups excluding carboxylic acids is 1. The van der Waals surface area contributed by atoms with Gasteiger partial charge in [0.1, 0.15) is 0 Å². The topological polar surface area (TPSA) is 75.3 Å². The molecular weight excluding hydrogens is 428 g/mol. The van der Waals surface area contributed by atoms with Crippen LogP contribution in [0.25, 0.3) is 0 Å². The Labute approximate surface area is 168 Å². The molecule has 0 saturated heterocycles. The van der Waals surface area contributed by atoms with Gasteiger partial charge in [0.2, 0.25) is 15.9 Å². The quantitative estimate of drug-likeness (QED) is 0.706. The van der Waals surface area contributed by atoms with Crippen LogP contribution in [0.3, 0.4) is 0 Å². The van der Waals surface area contributed by atoms with Crippen LogP contribution in [-0.2, 0) is 26.8 Å². The summed E-state index contributed by atoms with van der Waals surface area (Å²) in [6.07, 6.45) is 3.71. The Morgan fingerprint density at radius 2 is 1.78 bits per heavy atom. The van der Waals surface area contributed by atoms with Gasteiger partial charge in [-0.15, -0.1) is 0 Å². The zero-order valence-corrected chi connectivity index (χ0v) is 17.6. The average Bonchev–Trinajstić information content (AvgIpc) is 3.18. The third-order valence-electron chi connectivity index (χ3n) is 5.22. The Bertz CT molecular complexity index is 920. The first-order valence-corrected chi connectivity index (χ1v) is 11.2. The van der Waals surface area contributed by atoms with Gasteiger partial charge in [-0.05, 0) is 55.3 Å². The third-order valence-corrected chi connectivity index (χ3v) is 7.16. The summed E-state index contributed by atoms with van der Waals surface area (Å²) in [5, 5.41) is 3.03. The highest BCUT2D eigenvalue weighted by molar-refractivity contribution is 9.10. The zero-order chi connectivity index (χ0) is 19.5. The first-order valence-electron chi connectivity index (χ1n) is 8.94. The number of sulfonamides is 1. The monoisotopic (exact) mass is 450 g/mol. The summed E-state index contributed by atoms with van der Waals surface area (Å²) in [6, 6.07) is 14.6. The van der Waals surface area contributed by atoms with Crippen molar-refractivity contribution >= 4 is 31.9 Å². The second kappa shape index (κ2) is 8.12. The fourth-order valence-corrected chi connectivity index (χ4v) is 4.75. The van der Waals surface area contributed by atoms with E-state index in [1.807, 2.05) is 30.3 Å². The highest BCUT2D eigenvalue weighted by Gasteiger charge is 2.42. The number of amides is 1. The molecule has 0 aromatic heterocycles. The van der Waals surface area contributed by atoms with Crippen LogP contribution in [-0.4, -0.2) is 21.4 Å². The van der Waals surface area contributed by atoms with E-state index in [1.165, 1.54) is 13.1 Å². The summed E-state index contributed by atoms with van der Waals surface area (Å²) in [6.45, 7) is 0.296. The fraction of sp³-hybridized carbons (Fsp3) is 0.350. The molecule has 1 amide bonds. The van der Waals surface area contributed by atoms with Gasteiger partial charge in [-0.2, -0.15) is 0 Å². The minimum absolute atomic E-state index is 0.00389. The Morgan fingerprint density at radius 3 is 2.41 bits per heavy atom. The van der Waals surface area contributed by atoms with E-state index in [0.717, 1.165) is 41.3 Å². The zero-order valence-electron chi connectivity index (χ0n) is 15.2. The van der Waals surface area contributed by atoms with Gasteiger partial charge in [-0.25, -0.2) is 13.1 Å². The van der Waals surface area contributed by atoms with Crippen LogP contribution in [0.2, 0.25) is 0 Å². The maximum Gasteiger partial charge on any atom is 0.240 e. The minimum atomic E-state index is -3.50. The number of hydrogen-bond acceptors (Lipinski definition) is 3. The highest BCUT2D eigenvalue weighted by atomic mass is 79.9. The molecule has 0 heterocycles. The molecule has 2 aromatic rings. The summed E-state index contributed by atoms with van der Waals surface area (Å²) >= 11 is 3.44. The molecular formula is C20H23BrN2O3S. The molecule has 0 spiro atoms. The van der Waals surface area contributed by atoms with Crippen LogP contribution >= 0.6 is 15.9 Å². The summed E-state index contributed by atoms with van der Waals surface area (Å²) in [7, 11) is -2.12. The SMILES string of the molecule is CNS(=O)(=O)c1cccc(CNC(=O)C2(c3ccc(Br)cc3)CCCC2)c1. The number of carbonyl (C=O) groups is 1. The van der Waals surface area contributed by atoms with Crippen molar-refractivity contribution in [2.45, 2.75) is 42.5 Å². The van der Waals surface area contributed by atoms with Gasteiger partial charge in [-0.3, -0.25) is 4.79 Å². The van der Waals surface area contributed by atoms with Crippen LogP contribution in [0.15, 0.2) is 57.9 Å². The first-order chi connectivity index (χ1) is 12.9. The lowest BCUT2D eigenvalue weighted by Crippen LogP contribution is -2.42. The van der Waals surface area contributed by atoms with Gasteiger partial charge in [0, 0.05) is 11.0 Å². The Balaban J connectivity index is 1.78. The van der Waals surface area contributed by atoms with E-state index in [2.05, 4.69) is 26.0 Å². The molecule has 1 aliphatic carbocycles. The molecule has 5 nitrogen and oxygen atoms in total. The number of rotatable bonds is 6. The first kappa shape index (κ1) is 20.0. The number of nitrogens with one attached hydrogen (secondary N) is 2. The molecule has 0 unspecified atom stereocenters. The third kappa shape index (κ3) is 4.25. The molecule has 27 heavy (non-hydrogen) atoms. The van der Waals surface area contributed by atoms with Crippen molar-refractivity contribution < 1.29 is 13.2 Å². The molecule has 1 aliphatic rings. The Kier molecular flexibility index (Phi) is 6.03. The highest BCUT2D eigenvalue weighted by Crippen LogP contribution is 2.41. The molecule has 0 radical (unpaired) electrons. The van der Waals surface area contributed by atoms with Crippen molar-refractivity contribution in [1.82, 2.24) is 10.0 Å². The Morgan fingerprint density at radius 1 is 1.11 bits per heavy atom. The molecule has 144 valence electrons. The van der Waals surface area contributed by atoms with Crippen LogP contribution in [0.1, 0.15) is 36.8 Å². The molecule has 3 rings (SSSR count). The second-order valence-corrected chi connectivity index (χ2v) is 9.64. The molecule has 7 heteroatoms. The van der Waals surface area contributed by atoms with Crippen molar-refractivity contribution in [3.05, 3.63) is 64.1 Å². The predicted molar refractivity (Wildman–Crippen MR) is 109 cm³/mol. The second-order valence-electron chi connectivity index (χ2n) is 6.83. The van der Waals surface area contributed by atoms with Crippen LogP contribution in [0, 0.1) is 0 Å². The van der Waals surface area contributed by atoms with Crippen LogP contribution in [0.4, 0.5) is 0 Å². The van der Waals surface area contributed by atoms with Crippen LogP contribution < -0.4 is 10.0 Å². The summed E-state index contributed by atoms with van der Waals surface area (Å²) in [4.78, 5) is 13.3. The van der Waals surface area contributed by atoms with Crippen molar-refractivity contribution in [3.8, 4) is 0 Å². The molecule has 2 aromatic carbocycles. The van der Waals surface area contributed by atoms with Gasteiger partial charge in [-0.1, -0.05) is 53.0 Å². The number of hydrogen-bond donors (Lipinski definition) is 2. The van der Waals surface area contributed by atoms with Crippen molar-refractivity contribution in [2.24, 2.45) is 0 Å². The number of halogens is 1. The van der Waals surface area contributed by atoms with E-state index in [1.54, 1.807) is 12.1 Å². The van der Waals surface area contributed by atoms with Gasteiger partial charge < -0.3 is 5.32 Å². The van der Waals surface area contributed by atoms with Gasteiger partial charge in [0.15, 0.2) is 0 Å². The summed E-state index contributed by atoms with van der Waals surface area (Å²) in [5.74, 6) is 0.00389. The largest absolute Gasteiger partial charge is 0.351 e. The fourth-order valence-electron chi connectivity index (χ4n) is 3.69. The normalized spacial score (nSPS) is 16.2. The lowest BCUT2D eigenvalue weighted by molar-refractivity contribution is -0.126. The smallest absolute Gasteiger partial charge is 0.240 e. The molecule has 1 fully saturated rings. The minimum Gasteiger partial charge on any atom is -0.351 e. The van der Waals surface area contributed by atoms with E-state index in [0.29, 0.717) is 6.54 Å². The lowest BCUT2D eigenvalue weighted by atomic mass is 9.78. The van der Waals surface area contributed by atoms with Gasteiger partial charge in [0.25, 0.3) is 0 Å². The van der Waals surface area contributed by atoms with E-state index >= 15 is 0 Å². The molecule has 2 N–H and O–H groups in total. The summed E-state index contributed by atoms with van der Waals surface area (Å²) in [5.41, 5.74) is 1.28. The molecule has 0 atom stereocenters. The number of benzene rings is 2. The molecule has 0 bridgehead atoms. The summed E-state index contributed by atoms with van der Waals surface area (Å²) < 4.78 is 27.2. The lowest BCUT2D eigenvalue weighted by Gasteiger charge is -2.28. The van der Waals surface area contributed by atoms with E-state index < -0.39 is 15.4 Å². The van der Waals surface area contributed by atoms with E-state index in [4.69, 9.17) is 0 Å². The van der Waals surface area contributed by atoms with Gasteiger partial charge >= 0.3 is 0 Å². The van der Waals surface area contributed by atoms with Crippen LogP contribution in [0.5, 0.6) is 0 Å². The van der Waals surface area contributed by atoms with E-state index in [9.17, 15) is 13.2 Å². The molecule has 0 aliphatic heterocycles. The maximum atomic E-state index is 13.1. The maximum absolute atomic E-state index is 13.1. The predicted octanol–water partition coefficient (Wildman–Crippen LogP) is 3.49. The molecule has 1 saturated carbocycles. The van der Waals surface area contributed by atoms with Crippen molar-refractivity contribution in [1.29, 1.82) is 0 Å². The standard InChI is InChI=1S/C20H23BrN2O3S/c1-22-27(25,26)18-6-4-5-15(13-18)14-23-19(24)20(11-2-3-12-20)16-7-9-17(21)10-8-16/h4-10,13,22H,2-3,11-12,14H2,1H3,(H,23,24). The van der Waals surface area contributed by atoms with Crippen molar-refractivity contribution in [3.63, 3.8) is 0 Å². The van der Waals surface area contributed by atoms with Crippen molar-refractivity contribution in [2.75, 3.05) is 7.05 Å². The Hall–Kier alpha value is -1.70. The van der Waals surface area contributed by atoms with Gasteiger partial charge in [0.05, 0.1) is 10.3 Å².